The maximum absolute atomic E-state index is 12.9. The molecule has 194 valence electrons. The van der Waals surface area contributed by atoms with E-state index in [-0.39, 0.29) is 36.6 Å². The van der Waals surface area contributed by atoms with Crippen LogP contribution in [0.2, 0.25) is 0 Å². The Labute approximate surface area is 219 Å². The predicted molar refractivity (Wildman–Crippen MR) is 141 cm³/mol. The highest BCUT2D eigenvalue weighted by Gasteiger charge is 2.31. The van der Waals surface area contributed by atoms with Gasteiger partial charge >= 0.3 is 5.97 Å². The SMILES string of the molecule is Cl.O=C(O)CC(c1ccc2c(c1)OCC2)C1CCN(C(=O)CCCc2ccc3c(n2)NCCC3)CC1. The van der Waals surface area contributed by atoms with Crippen molar-refractivity contribution in [1.82, 2.24) is 9.88 Å². The zero-order valence-corrected chi connectivity index (χ0v) is 21.5. The van der Waals surface area contributed by atoms with Gasteiger partial charge in [-0.25, -0.2) is 4.98 Å². The number of aliphatic carboxylic acids is 1. The van der Waals surface area contributed by atoms with Crippen LogP contribution in [0.25, 0.3) is 0 Å². The minimum Gasteiger partial charge on any atom is -0.493 e. The molecule has 36 heavy (non-hydrogen) atoms. The van der Waals surface area contributed by atoms with Crippen molar-refractivity contribution in [3.8, 4) is 5.75 Å². The van der Waals surface area contributed by atoms with Gasteiger partial charge in [0, 0.05) is 38.2 Å². The van der Waals surface area contributed by atoms with Crippen molar-refractivity contribution in [2.45, 2.75) is 63.7 Å². The van der Waals surface area contributed by atoms with E-state index in [1.165, 1.54) is 11.1 Å². The van der Waals surface area contributed by atoms with E-state index < -0.39 is 5.97 Å². The topological polar surface area (TPSA) is 91.8 Å². The number of amides is 1. The van der Waals surface area contributed by atoms with Gasteiger partial charge in [0.25, 0.3) is 0 Å². The number of aromatic nitrogens is 1. The summed E-state index contributed by atoms with van der Waals surface area (Å²) in [6.07, 6.45) is 7.05. The van der Waals surface area contributed by atoms with E-state index in [1.807, 2.05) is 11.0 Å². The first-order valence-corrected chi connectivity index (χ1v) is 13.0. The minimum atomic E-state index is -0.777. The Bertz CT molecular complexity index is 1080. The average Bonchev–Trinajstić information content (AvgIpc) is 3.35. The van der Waals surface area contributed by atoms with Crippen LogP contribution in [0.1, 0.15) is 66.8 Å². The molecule has 0 bridgehead atoms. The Morgan fingerprint density at radius 2 is 1.94 bits per heavy atom. The molecule has 5 rings (SSSR count). The number of carboxylic acid groups (broad SMARTS) is 1. The van der Waals surface area contributed by atoms with Crippen molar-refractivity contribution in [3.05, 3.63) is 52.7 Å². The molecule has 8 heteroatoms. The molecule has 0 radical (unpaired) electrons. The molecule has 1 aromatic carbocycles. The molecule has 0 aliphatic carbocycles. The van der Waals surface area contributed by atoms with Crippen molar-refractivity contribution < 1.29 is 19.4 Å². The van der Waals surface area contributed by atoms with Crippen molar-refractivity contribution in [3.63, 3.8) is 0 Å². The number of anilines is 1. The first-order chi connectivity index (χ1) is 17.1. The smallest absolute Gasteiger partial charge is 0.303 e. The Hall–Kier alpha value is -2.80. The summed E-state index contributed by atoms with van der Waals surface area (Å²) in [6.45, 7) is 3.07. The monoisotopic (exact) mass is 513 g/mol. The third kappa shape index (κ3) is 6.12. The number of carbonyl (C=O) groups is 2. The van der Waals surface area contributed by atoms with E-state index in [4.69, 9.17) is 9.72 Å². The van der Waals surface area contributed by atoms with Gasteiger partial charge in [0.15, 0.2) is 0 Å². The maximum Gasteiger partial charge on any atom is 0.303 e. The first kappa shape index (κ1) is 26.3. The highest BCUT2D eigenvalue weighted by Crippen LogP contribution is 2.38. The second-order valence-corrected chi connectivity index (χ2v) is 10.1. The lowest BCUT2D eigenvalue weighted by atomic mass is 9.78. The van der Waals surface area contributed by atoms with Gasteiger partial charge in [-0.3, -0.25) is 9.59 Å². The van der Waals surface area contributed by atoms with Gasteiger partial charge in [0.1, 0.15) is 11.6 Å². The summed E-state index contributed by atoms with van der Waals surface area (Å²) in [6, 6.07) is 10.4. The molecule has 1 aromatic heterocycles. The van der Waals surface area contributed by atoms with Crippen molar-refractivity contribution >= 4 is 30.1 Å². The normalized spacial score (nSPS) is 17.7. The highest BCUT2D eigenvalue weighted by molar-refractivity contribution is 5.85. The number of carbonyl (C=O) groups excluding carboxylic acids is 1. The quantitative estimate of drug-likeness (QED) is 0.535. The van der Waals surface area contributed by atoms with E-state index >= 15 is 0 Å². The number of carboxylic acids is 1. The molecule has 0 saturated carbocycles. The molecule has 1 amide bonds. The maximum atomic E-state index is 12.9. The molecule has 1 fully saturated rings. The molecule has 2 aromatic rings. The van der Waals surface area contributed by atoms with Crippen LogP contribution >= 0.6 is 12.4 Å². The molecule has 0 spiro atoms. The second-order valence-electron chi connectivity index (χ2n) is 10.1. The molecule has 1 saturated heterocycles. The number of halogens is 1. The number of hydrogen-bond donors (Lipinski definition) is 2. The van der Waals surface area contributed by atoms with Crippen LogP contribution in [0.3, 0.4) is 0 Å². The van der Waals surface area contributed by atoms with Crippen LogP contribution in [0.5, 0.6) is 5.75 Å². The lowest BCUT2D eigenvalue weighted by molar-refractivity contribution is -0.138. The summed E-state index contributed by atoms with van der Waals surface area (Å²) in [5.41, 5.74) is 4.57. The van der Waals surface area contributed by atoms with Crippen LogP contribution in [0.15, 0.2) is 30.3 Å². The lowest BCUT2D eigenvalue weighted by Gasteiger charge is -2.36. The number of rotatable bonds is 8. The van der Waals surface area contributed by atoms with Crippen LogP contribution in [0, 0.1) is 5.92 Å². The Morgan fingerprint density at radius 3 is 2.75 bits per heavy atom. The highest BCUT2D eigenvalue weighted by atomic mass is 35.5. The van der Waals surface area contributed by atoms with Gasteiger partial charge in [0.2, 0.25) is 5.91 Å². The first-order valence-electron chi connectivity index (χ1n) is 13.0. The third-order valence-corrected chi connectivity index (χ3v) is 7.78. The number of nitrogens with one attached hydrogen (secondary N) is 1. The largest absolute Gasteiger partial charge is 0.493 e. The number of likely N-dealkylation sites (tertiary alicyclic amines) is 1. The minimum absolute atomic E-state index is 0. The summed E-state index contributed by atoms with van der Waals surface area (Å²) in [5, 5.41) is 12.9. The van der Waals surface area contributed by atoms with Crippen molar-refractivity contribution in [2.24, 2.45) is 5.92 Å². The fourth-order valence-corrected chi connectivity index (χ4v) is 5.80. The number of piperidine rings is 1. The zero-order chi connectivity index (χ0) is 24.2. The molecular formula is C28H36ClN3O4. The van der Waals surface area contributed by atoms with Gasteiger partial charge in [-0.1, -0.05) is 18.2 Å². The van der Waals surface area contributed by atoms with E-state index in [1.54, 1.807) is 0 Å². The molecule has 3 aliphatic rings. The molecule has 4 heterocycles. The predicted octanol–water partition coefficient (Wildman–Crippen LogP) is 4.62. The molecule has 2 N–H and O–H groups in total. The number of hydrogen-bond acceptors (Lipinski definition) is 5. The Morgan fingerprint density at radius 1 is 1.14 bits per heavy atom. The lowest BCUT2D eigenvalue weighted by Crippen LogP contribution is -2.40. The number of pyridine rings is 1. The van der Waals surface area contributed by atoms with E-state index in [0.717, 1.165) is 74.3 Å². The number of ether oxygens (including phenoxy) is 1. The van der Waals surface area contributed by atoms with Crippen molar-refractivity contribution in [1.29, 1.82) is 0 Å². The zero-order valence-electron chi connectivity index (χ0n) is 20.7. The van der Waals surface area contributed by atoms with Crippen LogP contribution in [-0.2, 0) is 28.9 Å². The van der Waals surface area contributed by atoms with Gasteiger partial charge in [-0.05, 0) is 79.2 Å². The fourth-order valence-electron chi connectivity index (χ4n) is 5.80. The van der Waals surface area contributed by atoms with Gasteiger partial charge in [-0.2, -0.15) is 0 Å². The fraction of sp³-hybridized carbons (Fsp3) is 0.536. The number of aryl methyl sites for hydroxylation is 2. The van der Waals surface area contributed by atoms with Gasteiger partial charge < -0.3 is 20.1 Å². The average molecular weight is 514 g/mol. The Balaban J connectivity index is 0.00000304. The van der Waals surface area contributed by atoms with E-state index in [0.29, 0.717) is 26.1 Å². The second kappa shape index (κ2) is 12.0. The molecule has 1 atom stereocenters. The Kier molecular flexibility index (Phi) is 8.72. The summed E-state index contributed by atoms with van der Waals surface area (Å²) in [4.78, 5) is 31.2. The molecular weight excluding hydrogens is 478 g/mol. The standard InChI is InChI=1S/C28H35N3O4.ClH/c32-26(5-1-4-23-9-8-21-3-2-13-29-28(21)30-23)31-14-10-19(11-15-31)24(18-27(33)34)22-7-6-20-12-16-35-25(20)17-22;/h6-9,17,19,24H,1-5,10-16,18H2,(H,29,30)(H,33,34);1H. The number of nitrogens with zero attached hydrogens (tertiary/aromatic N) is 2. The summed E-state index contributed by atoms with van der Waals surface area (Å²) < 4.78 is 5.72. The molecule has 1 unspecified atom stereocenters. The number of fused-ring (bicyclic) bond motifs is 2. The van der Waals surface area contributed by atoms with Crippen LogP contribution in [-0.4, -0.2) is 53.1 Å². The van der Waals surface area contributed by atoms with Crippen LogP contribution in [0.4, 0.5) is 5.82 Å². The van der Waals surface area contributed by atoms with Gasteiger partial charge in [0.05, 0.1) is 13.0 Å². The molecule has 3 aliphatic heterocycles. The van der Waals surface area contributed by atoms with E-state index in [9.17, 15) is 14.7 Å². The van der Waals surface area contributed by atoms with Crippen molar-refractivity contribution in [2.75, 3.05) is 31.6 Å². The summed E-state index contributed by atoms with van der Waals surface area (Å²) >= 11 is 0. The third-order valence-electron chi connectivity index (χ3n) is 7.78. The summed E-state index contributed by atoms with van der Waals surface area (Å²) in [7, 11) is 0. The number of benzene rings is 1. The van der Waals surface area contributed by atoms with Gasteiger partial charge in [-0.15, -0.1) is 12.4 Å². The van der Waals surface area contributed by atoms with Crippen LogP contribution < -0.4 is 10.1 Å². The summed E-state index contributed by atoms with van der Waals surface area (Å²) in [5.74, 6) is 1.52. The molecule has 7 nitrogen and oxygen atoms in total. The van der Waals surface area contributed by atoms with E-state index in [2.05, 4.69) is 29.6 Å².